The Bertz CT molecular complexity index is 813. The van der Waals surface area contributed by atoms with Crippen molar-refractivity contribution in [1.29, 1.82) is 0 Å². The van der Waals surface area contributed by atoms with Crippen LogP contribution in [-0.2, 0) is 6.42 Å². The van der Waals surface area contributed by atoms with Crippen LogP contribution in [0.4, 0.5) is 0 Å². The third kappa shape index (κ3) is 3.67. The first-order valence-corrected chi connectivity index (χ1v) is 7.66. The van der Waals surface area contributed by atoms with Crippen LogP contribution in [0, 0.1) is 0 Å². The van der Waals surface area contributed by atoms with Gasteiger partial charge in [-0.2, -0.15) is 0 Å². The molecule has 2 heterocycles. The monoisotopic (exact) mass is 328 g/mol. The van der Waals surface area contributed by atoms with Crippen LogP contribution < -0.4 is 5.32 Å². The van der Waals surface area contributed by atoms with Gasteiger partial charge in [-0.15, -0.1) is 10.2 Å². The number of rotatable bonds is 6. The fourth-order valence-electron chi connectivity index (χ4n) is 1.91. The van der Waals surface area contributed by atoms with Crippen molar-refractivity contribution in [2.75, 3.05) is 6.54 Å². The van der Waals surface area contributed by atoms with E-state index in [1.54, 1.807) is 6.07 Å². The Kier molecular flexibility index (Phi) is 4.53. The molecule has 0 aliphatic rings. The summed E-state index contributed by atoms with van der Waals surface area (Å²) in [6, 6.07) is 11.0. The average molecular weight is 328 g/mol. The van der Waals surface area contributed by atoms with Crippen LogP contribution >= 0.6 is 11.3 Å². The quantitative estimate of drug-likeness (QED) is 0.695. The highest BCUT2D eigenvalue weighted by atomic mass is 32.1. The molecule has 0 atom stereocenters. The molecule has 2 aromatic heterocycles. The molecule has 1 amide bonds. The van der Waals surface area contributed by atoms with Crippen molar-refractivity contribution in [1.82, 2.24) is 20.7 Å². The first kappa shape index (κ1) is 15.0. The Balaban J connectivity index is 1.56. The molecule has 3 aromatic rings. The molecule has 7 nitrogen and oxygen atoms in total. The number of amides is 1. The highest BCUT2D eigenvalue weighted by Gasteiger charge is 2.13. The van der Waals surface area contributed by atoms with Crippen LogP contribution in [0.3, 0.4) is 0 Å². The summed E-state index contributed by atoms with van der Waals surface area (Å²) in [5.41, 5.74) is 1.07. The van der Waals surface area contributed by atoms with Gasteiger partial charge in [0.15, 0.2) is 22.7 Å². The van der Waals surface area contributed by atoms with E-state index >= 15 is 0 Å². The Labute approximate surface area is 135 Å². The van der Waals surface area contributed by atoms with E-state index in [1.165, 1.54) is 11.3 Å². The van der Waals surface area contributed by atoms with Crippen LogP contribution in [0.25, 0.3) is 11.3 Å². The Hall–Kier alpha value is -2.87. The van der Waals surface area contributed by atoms with E-state index < -0.39 is 0 Å². The number of nitrogens with zero attached hydrogens (tertiary/aromatic N) is 3. The first-order valence-electron chi connectivity index (χ1n) is 6.84. The molecule has 0 saturated carbocycles. The number of nitrogens with one attached hydrogen (secondary N) is 1. The lowest BCUT2D eigenvalue weighted by molar-refractivity contribution is 0.0945. The lowest BCUT2D eigenvalue weighted by Gasteiger charge is -1.99. The van der Waals surface area contributed by atoms with E-state index in [-0.39, 0.29) is 11.6 Å². The molecule has 0 spiro atoms. The maximum atomic E-state index is 12.0. The fourth-order valence-corrected chi connectivity index (χ4v) is 2.57. The summed E-state index contributed by atoms with van der Waals surface area (Å²) < 4.78 is 5.18. The second-order valence-corrected chi connectivity index (χ2v) is 5.69. The smallest absolute Gasteiger partial charge is 0.273 e. The minimum absolute atomic E-state index is 0.217. The average Bonchev–Trinajstić information content (AvgIpc) is 3.25. The van der Waals surface area contributed by atoms with E-state index in [2.05, 4.69) is 20.7 Å². The van der Waals surface area contributed by atoms with E-state index in [0.29, 0.717) is 35.0 Å². The van der Waals surface area contributed by atoms with Gasteiger partial charge in [0.1, 0.15) is 5.01 Å². The van der Waals surface area contributed by atoms with Crippen molar-refractivity contribution in [3.63, 3.8) is 0 Å². The minimum Gasteiger partial charge on any atom is -0.355 e. The van der Waals surface area contributed by atoms with Gasteiger partial charge in [0.25, 0.3) is 5.91 Å². The molecule has 1 N–H and O–H groups in total. The maximum absolute atomic E-state index is 12.0. The highest BCUT2D eigenvalue weighted by Crippen LogP contribution is 2.19. The van der Waals surface area contributed by atoms with E-state index in [9.17, 15) is 9.59 Å². The molecular weight excluding hydrogens is 316 g/mol. The van der Waals surface area contributed by atoms with E-state index in [1.807, 2.05) is 30.3 Å². The normalized spacial score (nSPS) is 10.4. The molecule has 3 rings (SSSR count). The topological polar surface area (TPSA) is 98.0 Å². The van der Waals surface area contributed by atoms with E-state index in [4.69, 9.17) is 4.52 Å². The molecule has 0 aliphatic heterocycles. The third-order valence-electron chi connectivity index (χ3n) is 3.01. The number of hydrogen-bond donors (Lipinski definition) is 1. The SMILES string of the molecule is O=Cc1nnc(CCNC(=O)c2cc(-c3ccccc3)on2)s1. The molecule has 8 heteroatoms. The molecule has 23 heavy (non-hydrogen) atoms. The summed E-state index contributed by atoms with van der Waals surface area (Å²) in [5.74, 6) is 0.214. The highest BCUT2D eigenvalue weighted by molar-refractivity contribution is 7.12. The minimum atomic E-state index is -0.323. The van der Waals surface area contributed by atoms with Crippen LogP contribution in [-0.4, -0.2) is 34.1 Å². The van der Waals surface area contributed by atoms with Crippen LogP contribution in [0.1, 0.15) is 25.3 Å². The summed E-state index contributed by atoms with van der Waals surface area (Å²) >= 11 is 1.21. The molecule has 0 saturated heterocycles. The summed E-state index contributed by atoms with van der Waals surface area (Å²) in [6.45, 7) is 0.375. The third-order valence-corrected chi connectivity index (χ3v) is 3.92. The lowest BCUT2D eigenvalue weighted by Crippen LogP contribution is -2.25. The van der Waals surface area contributed by atoms with Gasteiger partial charge < -0.3 is 9.84 Å². The predicted molar refractivity (Wildman–Crippen MR) is 83.3 cm³/mol. The molecule has 0 aliphatic carbocycles. The number of carbonyl (C=O) groups is 2. The number of hydrogen-bond acceptors (Lipinski definition) is 7. The van der Waals surface area contributed by atoms with Gasteiger partial charge in [0, 0.05) is 24.6 Å². The molecule has 0 fully saturated rings. The van der Waals surface area contributed by atoms with Crippen LogP contribution in [0.2, 0.25) is 0 Å². The van der Waals surface area contributed by atoms with Crippen molar-refractivity contribution >= 4 is 23.5 Å². The number of aldehydes is 1. The Morgan fingerprint density at radius 2 is 2.09 bits per heavy atom. The van der Waals surface area contributed by atoms with Gasteiger partial charge in [0.2, 0.25) is 0 Å². The Morgan fingerprint density at radius 1 is 1.26 bits per heavy atom. The van der Waals surface area contributed by atoms with Gasteiger partial charge in [0.05, 0.1) is 0 Å². The summed E-state index contributed by atoms with van der Waals surface area (Å²) in [4.78, 5) is 22.5. The second-order valence-electron chi connectivity index (χ2n) is 4.60. The number of aromatic nitrogens is 3. The zero-order chi connectivity index (χ0) is 16.1. The molecular formula is C15H12N4O3S. The van der Waals surface area contributed by atoms with Gasteiger partial charge in [-0.3, -0.25) is 9.59 Å². The van der Waals surface area contributed by atoms with Crippen molar-refractivity contribution in [2.24, 2.45) is 0 Å². The maximum Gasteiger partial charge on any atom is 0.273 e. The van der Waals surface area contributed by atoms with Gasteiger partial charge in [-0.05, 0) is 0 Å². The van der Waals surface area contributed by atoms with Gasteiger partial charge >= 0.3 is 0 Å². The zero-order valence-electron chi connectivity index (χ0n) is 11.9. The van der Waals surface area contributed by atoms with Gasteiger partial charge in [-0.1, -0.05) is 46.8 Å². The number of carbonyl (C=O) groups excluding carboxylic acids is 2. The van der Waals surface area contributed by atoms with Crippen LogP contribution in [0.15, 0.2) is 40.9 Å². The second kappa shape index (κ2) is 6.93. The standard InChI is InChI=1S/C15H12N4O3S/c20-9-14-18-17-13(23-14)6-7-16-15(21)11-8-12(22-19-11)10-4-2-1-3-5-10/h1-5,8-9H,6-7H2,(H,16,21). The van der Waals surface area contributed by atoms with Gasteiger partial charge in [-0.25, -0.2) is 0 Å². The van der Waals surface area contributed by atoms with Crippen LogP contribution in [0.5, 0.6) is 0 Å². The van der Waals surface area contributed by atoms with Crippen molar-refractivity contribution in [2.45, 2.75) is 6.42 Å². The number of benzene rings is 1. The molecule has 1 aromatic carbocycles. The molecule has 0 unspecified atom stereocenters. The van der Waals surface area contributed by atoms with E-state index in [0.717, 1.165) is 5.56 Å². The summed E-state index contributed by atoms with van der Waals surface area (Å²) in [6.07, 6.45) is 1.15. The first-order chi connectivity index (χ1) is 11.3. The molecule has 0 radical (unpaired) electrons. The molecule has 116 valence electrons. The predicted octanol–water partition coefficient (Wildman–Crippen LogP) is 1.98. The Morgan fingerprint density at radius 3 is 2.83 bits per heavy atom. The molecule has 0 bridgehead atoms. The fraction of sp³-hybridized carbons (Fsp3) is 0.133. The largest absolute Gasteiger partial charge is 0.355 e. The van der Waals surface area contributed by atoms with Crippen molar-refractivity contribution in [3.05, 3.63) is 52.1 Å². The summed E-state index contributed by atoms with van der Waals surface area (Å²) in [7, 11) is 0. The summed E-state index contributed by atoms with van der Waals surface area (Å²) in [5, 5.41) is 15.1. The lowest BCUT2D eigenvalue weighted by atomic mass is 10.1. The van der Waals surface area contributed by atoms with Crippen molar-refractivity contribution < 1.29 is 14.1 Å². The zero-order valence-corrected chi connectivity index (χ0v) is 12.7. The van der Waals surface area contributed by atoms with Crippen molar-refractivity contribution in [3.8, 4) is 11.3 Å².